The summed E-state index contributed by atoms with van der Waals surface area (Å²) in [5, 5.41) is 3.33. The Morgan fingerprint density at radius 2 is 1.86 bits per heavy atom. The molecule has 1 atom stereocenters. The minimum Gasteiger partial charge on any atom is -0.434 e. The molecule has 1 N–H and O–H groups in total. The maximum absolute atomic E-state index is 12.6. The fourth-order valence-corrected chi connectivity index (χ4v) is 2.87. The molecule has 3 nitrogen and oxygen atoms in total. The van der Waals surface area contributed by atoms with Gasteiger partial charge in [0.2, 0.25) is 0 Å². The lowest BCUT2D eigenvalue weighted by Gasteiger charge is -2.36. The van der Waals surface area contributed by atoms with Gasteiger partial charge < -0.3 is 10.1 Å². The summed E-state index contributed by atoms with van der Waals surface area (Å²) in [7, 11) is 0. The van der Waals surface area contributed by atoms with Crippen molar-refractivity contribution in [1.29, 1.82) is 0 Å². The van der Waals surface area contributed by atoms with Gasteiger partial charge in [0.15, 0.2) is 0 Å². The van der Waals surface area contributed by atoms with Crippen LogP contribution in [0, 0.1) is 5.92 Å². The quantitative estimate of drug-likeness (QED) is 0.872. The van der Waals surface area contributed by atoms with E-state index in [1.807, 2.05) is 12.1 Å². The Labute approximate surface area is 125 Å². The molecular weight excluding hydrogens is 274 g/mol. The van der Waals surface area contributed by atoms with Gasteiger partial charge in [-0.05, 0) is 18.4 Å². The smallest absolute Gasteiger partial charge is 0.387 e. The summed E-state index contributed by atoms with van der Waals surface area (Å²) in [5.41, 5.74) is 0.869. The Hall–Kier alpha value is -1.20. The molecule has 0 amide bonds. The van der Waals surface area contributed by atoms with Crippen molar-refractivity contribution in [3.63, 3.8) is 0 Å². The van der Waals surface area contributed by atoms with Gasteiger partial charge in [-0.15, -0.1) is 0 Å². The molecule has 0 aliphatic carbocycles. The molecule has 21 heavy (non-hydrogen) atoms. The van der Waals surface area contributed by atoms with E-state index in [9.17, 15) is 8.78 Å². The first-order valence-electron chi connectivity index (χ1n) is 7.56. The van der Waals surface area contributed by atoms with E-state index in [2.05, 4.69) is 24.1 Å². The van der Waals surface area contributed by atoms with Crippen molar-refractivity contribution < 1.29 is 13.5 Å². The number of hydrogen-bond acceptors (Lipinski definition) is 3. The standard InChI is InChI=1S/C16H24F2N2O/c1-12(2)11-14(20-9-7-19-8-10-20)13-5-3-4-6-15(13)21-16(17)18/h3-6,12,14,16,19H,7-11H2,1-2H3/t14-/m1/s1. The molecule has 0 spiro atoms. The second-order valence-corrected chi connectivity index (χ2v) is 5.85. The first-order valence-corrected chi connectivity index (χ1v) is 7.56. The predicted molar refractivity (Wildman–Crippen MR) is 79.7 cm³/mol. The molecule has 1 aromatic rings. The third-order valence-electron chi connectivity index (χ3n) is 3.78. The van der Waals surface area contributed by atoms with E-state index >= 15 is 0 Å². The Bertz CT molecular complexity index is 434. The molecule has 1 aliphatic rings. The number of ether oxygens (including phenoxy) is 1. The van der Waals surface area contributed by atoms with Crippen LogP contribution in [0.3, 0.4) is 0 Å². The monoisotopic (exact) mass is 298 g/mol. The lowest BCUT2D eigenvalue weighted by molar-refractivity contribution is -0.0513. The van der Waals surface area contributed by atoms with Gasteiger partial charge >= 0.3 is 6.61 Å². The van der Waals surface area contributed by atoms with Gasteiger partial charge in [0.05, 0.1) is 0 Å². The van der Waals surface area contributed by atoms with Crippen LogP contribution >= 0.6 is 0 Å². The molecule has 2 rings (SSSR count). The molecule has 0 aromatic heterocycles. The number of nitrogens with one attached hydrogen (secondary N) is 1. The van der Waals surface area contributed by atoms with Gasteiger partial charge in [-0.3, -0.25) is 4.90 Å². The minimum atomic E-state index is -2.78. The third-order valence-corrected chi connectivity index (χ3v) is 3.78. The Morgan fingerprint density at radius 3 is 2.48 bits per heavy atom. The normalized spacial score (nSPS) is 18.2. The Kier molecular flexibility index (Phi) is 5.94. The summed E-state index contributed by atoms with van der Waals surface area (Å²) >= 11 is 0. The average molecular weight is 298 g/mol. The first kappa shape index (κ1) is 16.2. The summed E-state index contributed by atoms with van der Waals surface area (Å²) < 4.78 is 30.0. The number of para-hydroxylation sites is 1. The Balaban J connectivity index is 2.26. The summed E-state index contributed by atoms with van der Waals surface area (Å²) in [6, 6.07) is 7.31. The predicted octanol–water partition coefficient (Wildman–Crippen LogP) is 3.28. The molecule has 118 valence electrons. The zero-order valence-corrected chi connectivity index (χ0v) is 12.7. The van der Waals surface area contributed by atoms with Crippen molar-refractivity contribution in [1.82, 2.24) is 10.2 Å². The van der Waals surface area contributed by atoms with Crippen molar-refractivity contribution in [3.8, 4) is 5.75 Å². The van der Waals surface area contributed by atoms with Crippen LogP contribution in [0.15, 0.2) is 24.3 Å². The maximum Gasteiger partial charge on any atom is 0.387 e. The molecule has 1 saturated heterocycles. The summed E-state index contributed by atoms with van der Waals surface area (Å²) in [4.78, 5) is 2.37. The van der Waals surface area contributed by atoms with Crippen LogP contribution in [-0.2, 0) is 0 Å². The number of alkyl halides is 2. The van der Waals surface area contributed by atoms with Crippen LogP contribution in [0.4, 0.5) is 8.78 Å². The van der Waals surface area contributed by atoms with Gasteiger partial charge in [-0.2, -0.15) is 8.78 Å². The molecule has 0 radical (unpaired) electrons. The van der Waals surface area contributed by atoms with Crippen LogP contribution in [0.1, 0.15) is 31.9 Å². The average Bonchev–Trinajstić information content (AvgIpc) is 2.46. The highest BCUT2D eigenvalue weighted by Crippen LogP contribution is 2.34. The second-order valence-electron chi connectivity index (χ2n) is 5.85. The van der Waals surface area contributed by atoms with E-state index in [1.54, 1.807) is 12.1 Å². The van der Waals surface area contributed by atoms with E-state index < -0.39 is 6.61 Å². The van der Waals surface area contributed by atoms with E-state index in [0.717, 1.165) is 38.2 Å². The highest BCUT2D eigenvalue weighted by molar-refractivity contribution is 5.36. The topological polar surface area (TPSA) is 24.5 Å². The van der Waals surface area contributed by atoms with Crippen molar-refractivity contribution in [2.75, 3.05) is 26.2 Å². The fraction of sp³-hybridized carbons (Fsp3) is 0.625. The summed E-state index contributed by atoms with van der Waals surface area (Å²) in [6.45, 7) is 5.27. The van der Waals surface area contributed by atoms with Crippen molar-refractivity contribution in [2.45, 2.75) is 32.9 Å². The van der Waals surface area contributed by atoms with E-state index in [4.69, 9.17) is 4.74 Å². The molecule has 1 aliphatic heterocycles. The van der Waals surface area contributed by atoms with Gasteiger partial charge in [0, 0.05) is 37.8 Å². The highest BCUT2D eigenvalue weighted by atomic mass is 19.3. The number of nitrogens with zero attached hydrogens (tertiary/aromatic N) is 1. The van der Waals surface area contributed by atoms with Crippen LogP contribution in [0.25, 0.3) is 0 Å². The molecule has 0 saturated carbocycles. The lowest BCUT2D eigenvalue weighted by atomic mass is 9.94. The first-order chi connectivity index (χ1) is 10.1. The molecule has 0 bridgehead atoms. The molecule has 1 fully saturated rings. The number of hydrogen-bond donors (Lipinski definition) is 1. The number of piperazine rings is 1. The van der Waals surface area contributed by atoms with Crippen LogP contribution in [-0.4, -0.2) is 37.7 Å². The van der Waals surface area contributed by atoms with Gasteiger partial charge in [-0.25, -0.2) is 0 Å². The fourth-order valence-electron chi connectivity index (χ4n) is 2.87. The van der Waals surface area contributed by atoms with Crippen molar-refractivity contribution in [3.05, 3.63) is 29.8 Å². The SMILES string of the molecule is CC(C)C[C@H](c1ccccc1OC(F)F)N1CCNCC1. The number of halogens is 2. The molecule has 1 heterocycles. The van der Waals surface area contributed by atoms with Gasteiger partial charge in [0.25, 0.3) is 0 Å². The largest absolute Gasteiger partial charge is 0.434 e. The molecule has 5 heteroatoms. The van der Waals surface area contributed by atoms with Gasteiger partial charge in [-0.1, -0.05) is 32.0 Å². The summed E-state index contributed by atoms with van der Waals surface area (Å²) in [6.07, 6.45) is 0.934. The number of benzene rings is 1. The maximum atomic E-state index is 12.6. The van der Waals surface area contributed by atoms with Crippen LogP contribution < -0.4 is 10.1 Å². The molecule has 0 unspecified atom stereocenters. The highest BCUT2D eigenvalue weighted by Gasteiger charge is 2.26. The zero-order chi connectivity index (χ0) is 15.2. The molecule has 1 aromatic carbocycles. The van der Waals surface area contributed by atoms with Gasteiger partial charge in [0.1, 0.15) is 5.75 Å². The van der Waals surface area contributed by atoms with E-state index in [0.29, 0.717) is 11.7 Å². The number of rotatable bonds is 6. The second kappa shape index (κ2) is 7.71. The molecular formula is C16H24F2N2O. The lowest BCUT2D eigenvalue weighted by Crippen LogP contribution is -2.45. The summed E-state index contributed by atoms with van der Waals surface area (Å²) in [5.74, 6) is 0.793. The van der Waals surface area contributed by atoms with Crippen molar-refractivity contribution >= 4 is 0 Å². The Morgan fingerprint density at radius 1 is 1.19 bits per heavy atom. The third kappa shape index (κ3) is 4.64. The van der Waals surface area contributed by atoms with Crippen LogP contribution in [0.5, 0.6) is 5.75 Å². The van der Waals surface area contributed by atoms with E-state index in [-0.39, 0.29) is 6.04 Å². The van der Waals surface area contributed by atoms with E-state index in [1.165, 1.54) is 0 Å². The van der Waals surface area contributed by atoms with Crippen LogP contribution in [0.2, 0.25) is 0 Å². The van der Waals surface area contributed by atoms with Crippen molar-refractivity contribution in [2.24, 2.45) is 5.92 Å². The minimum absolute atomic E-state index is 0.127. The zero-order valence-electron chi connectivity index (χ0n) is 12.7.